The van der Waals surface area contributed by atoms with E-state index in [-0.39, 0.29) is 11.4 Å². The Hall–Kier alpha value is -1.53. The van der Waals surface area contributed by atoms with Gasteiger partial charge in [-0.15, -0.1) is 23.5 Å². The van der Waals surface area contributed by atoms with Gasteiger partial charge in [-0.2, -0.15) is 0 Å². The standard InChI is InChI=1S/C19H22O4S2/c1-5-6-11-19(18(22)23-2)13-10-8-7-9-12(13)15(20)14(16(19)21)17(24-3)25-4/h7-10H,5-6,11H2,1-4H3. The molecule has 0 heterocycles. The van der Waals surface area contributed by atoms with Gasteiger partial charge in [-0.25, -0.2) is 0 Å². The van der Waals surface area contributed by atoms with E-state index in [2.05, 4.69) is 0 Å². The van der Waals surface area contributed by atoms with E-state index in [4.69, 9.17) is 4.74 Å². The van der Waals surface area contributed by atoms with Crippen molar-refractivity contribution < 1.29 is 19.1 Å². The Labute approximate surface area is 156 Å². The van der Waals surface area contributed by atoms with Crippen LogP contribution in [0.5, 0.6) is 0 Å². The summed E-state index contributed by atoms with van der Waals surface area (Å²) in [5.74, 6) is -1.34. The summed E-state index contributed by atoms with van der Waals surface area (Å²) in [5.41, 5.74) is -0.448. The number of ketones is 2. The molecule has 1 aromatic rings. The summed E-state index contributed by atoms with van der Waals surface area (Å²) >= 11 is 2.70. The number of methoxy groups -OCH3 is 1. The Balaban J connectivity index is 2.86. The van der Waals surface area contributed by atoms with Gasteiger partial charge in [0.05, 0.1) is 16.9 Å². The van der Waals surface area contributed by atoms with E-state index in [1.54, 1.807) is 24.3 Å². The van der Waals surface area contributed by atoms with Crippen LogP contribution in [0.1, 0.15) is 42.1 Å². The number of esters is 1. The molecule has 0 fully saturated rings. The molecule has 0 saturated carbocycles. The largest absolute Gasteiger partial charge is 0.468 e. The van der Waals surface area contributed by atoms with Crippen molar-refractivity contribution in [3.05, 3.63) is 45.2 Å². The van der Waals surface area contributed by atoms with Gasteiger partial charge in [-0.3, -0.25) is 14.4 Å². The lowest BCUT2D eigenvalue weighted by atomic mass is 9.64. The highest BCUT2D eigenvalue weighted by molar-refractivity contribution is 8.21. The average molecular weight is 379 g/mol. The summed E-state index contributed by atoms with van der Waals surface area (Å²) in [4.78, 5) is 39.3. The Morgan fingerprint density at radius 3 is 2.36 bits per heavy atom. The van der Waals surface area contributed by atoms with Crippen molar-refractivity contribution >= 4 is 41.1 Å². The molecule has 1 aliphatic carbocycles. The summed E-state index contributed by atoms with van der Waals surface area (Å²) in [7, 11) is 1.29. The van der Waals surface area contributed by atoms with Crippen molar-refractivity contribution in [1.82, 2.24) is 0 Å². The van der Waals surface area contributed by atoms with Crippen LogP contribution in [0.2, 0.25) is 0 Å². The molecule has 1 atom stereocenters. The van der Waals surface area contributed by atoms with Gasteiger partial charge in [0.15, 0.2) is 17.0 Å². The van der Waals surface area contributed by atoms with Crippen molar-refractivity contribution in [2.45, 2.75) is 31.6 Å². The fourth-order valence-corrected chi connectivity index (χ4v) is 4.71. The molecule has 1 aromatic carbocycles. The topological polar surface area (TPSA) is 60.4 Å². The maximum Gasteiger partial charge on any atom is 0.324 e. The normalized spacial score (nSPS) is 19.6. The van der Waals surface area contributed by atoms with Crippen LogP contribution >= 0.6 is 23.5 Å². The minimum absolute atomic E-state index is 0.111. The fourth-order valence-electron chi connectivity index (χ4n) is 3.27. The SMILES string of the molecule is CCCCC1(C(=O)OC)C(=O)C(=C(SC)SC)C(=O)c2ccccc21. The highest BCUT2D eigenvalue weighted by Crippen LogP contribution is 2.45. The summed E-state index contributed by atoms with van der Waals surface area (Å²) in [6.07, 6.45) is 5.50. The highest BCUT2D eigenvalue weighted by Gasteiger charge is 2.55. The van der Waals surface area contributed by atoms with Gasteiger partial charge in [-0.05, 0) is 24.5 Å². The molecule has 0 aromatic heterocycles. The third-order valence-electron chi connectivity index (χ3n) is 4.49. The quantitative estimate of drug-likeness (QED) is 0.323. The van der Waals surface area contributed by atoms with Crippen molar-refractivity contribution in [2.24, 2.45) is 0 Å². The maximum absolute atomic E-state index is 13.5. The molecule has 0 radical (unpaired) electrons. The first-order valence-electron chi connectivity index (χ1n) is 8.09. The number of carbonyl (C=O) groups is 3. The molecule has 4 nitrogen and oxygen atoms in total. The first-order chi connectivity index (χ1) is 12.0. The number of Topliss-reactive ketones (excluding diaryl/α,β-unsaturated/α-hetero) is 2. The lowest BCUT2D eigenvalue weighted by molar-refractivity contribution is -0.151. The predicted molar refractivity (Wildman–Crippen MR) is 103 cm³/mol. The zero-order valence-electron chi connectivity index (χ0n) is 14.9. The van der Waals surface area contributed by atoms with Crippen LogP contribution in [-0.2, 0) is 19.7 Å². The zero-order chi connectivity index (χ0) is 18.6. The van der Waals surface area contributed by atoms with E-state index in [9.17, 15) is 14.4 Å². The predicted octanol–water partition coefficient (Wildman–Crippen LogP) is 3.99. The number of hydrogen-bond donors (Lipinski definition) is 0. The smallest absolute Gasteiger partial charge is 0.324 e. The van der Waals surface area contributed by atoms with E-state index in [1.807, 2.05) is 19.4 Å². The van der Waals surface area contributed by atoms with Crippen LogP contribution in [0.25, 0.3) is 0 Å². The van der Waals surface area contributed by atoms with Crippen molar-refractivity contribution in [2.75, 3.05) is 19.6 Å². The second kappa shape index (κ2) is 8.23. The minimum Gasteiger partial charge on any atom is -0.468 e. The lowest BCUT2D eigenvalue weighted by Crippen LogP contribution is -2.50. The number of benzene rings is 1. The molecule has 0 aliphatic heterocycles. The van der Waals surface area contributed by atoms with Crippen LogP contribution in [0.15, 0.2) is 34.1 Å². The Morgan fingerprint density at radius 2 is 1.80 bits per heavy atom. The molecule has 2 rings (SSSR count). The number of allylic oxidation sites excluding steroid dienone is 1. The second-order valence-corrected chi connectivity index (χ2v) is 7.67. The van der Waals surface area contributed by atoms with Crippen molar-refractivity contribution in [3.63, 3.8) is 0 Å². The van der Waals surface area contributed by atoms with Crippen LogP contribution in [-0.4, -0.2) is 37.2 Å². The average Bonchev–Trinajstić information content (AvgIpc) is 2.65. The van der Waals surface area contributed by atoms with Crippen LogP contribution in [0.3, 0.4) is 0 Å². The van der Waals surface area contributed by atoms with Gasteiger partial charge in [0.2, 0.25) is 0 Å². The van der Waals surface area contributed by atoms with Crippen molar-refractivity contribution in [1.29, 1.82) is 0 Å². The third-order valence-corrected chi connectivity index (χ3v) is 6.64. The maximum atomic E-state index is 13.5. The van der Waals surface area contributed by atoms with Gasteiger partial charge in [0.1, 0.15) is 0 Å². The fraction of sp³-hybridized carbons (Fsp3) is 0.421. The van der Waals surface area contributed by atoms with E-state index in [0.29, 0.717) is 28.2 Å². The first-order valence-corrected chi connectivity index (χ1v) is 10.5. The van der Waals surface area contributed by atoms with Gasteiger partial charge < -0.3 is 4.74 Å². The van der Waals surface area contributed by atoms with Crippen LogP contribution in [0.4, 0.5) is 0 Å². The summed E-state index contributed by atoms with van der Waals surface area (Å²) in [5, 5.41) is 0. The number of carbonyl (C=O) groups excluding carboxylic acids is 3. The number of thioether (sulfide) groups is 2. The number of fused-ring (bicyclic) bond motifs is 1. The van der Waals surface area contributed by atoms with Crippen LogP contribution in [0, 0.1) is 0 Å². The van der Waals surface area contributed by atoms with E-state index >= 15 is 0 Å². The van der Waals surface area contributed by atoms with Gasteiger partial charge in [0.25, 0.3) is 0 Å². The van der Waals surface area contributed by atoms with Crippen molar-refractivity contribution in [3.8, 4) is 0 Å². The number of rotatable bonds is 6. The molecule has 0 amide bonds. The molecule has 0 saturated heterocycles. The van der Waals surface area contributed by atoms with E-state index in [0.717, 1.165) is 6.42 Å². The molecule has 134 valence electrons. The molecule has 6 heteroatoms. The minimum atomic E-state index is -1.44. The first kappa shape index (κ1) is 19.8. The van der Waals surface area contributed by atoms with Gasteiger partial charge in [-0.1, -0.05) is 44.0 Å². The summed E-state index contributed by atoms with van der Waals surface area (Å²) < 4.78 is 5.67. The Kier molecular flexibility index (Phi) is 6.52. The monoisotopic (exact) mass is 378 g/mol. The number of unbranched alkanes of at least 4 members (excludes halogenated alkanes) is 1. The molecule has 1 unspecified atom stereocenters. The van der Waals surface area contributed by atoms with Gasteiger partial charge >= 0.3 is 5.97 Å². The Morgan fingerprint density at radius 1 is 1.16 bits per heavy atom. The number of hydrogen-bond acceptors (Lipinski definition) is 6. The van der Waals surface area contributed by atoms with E-state index < -0.39 is 17.2 Å². The summed E-state index contributed by atoms with van der Waals surface area (Å²) in [6, 6.07) is 6.89. The highest BCUT2D eigenvalue weighted by atomic mass is 32.2. The molecular formula is C19H22O4S2. The molecule has 0 spiro atoms. The molecule has 0 bridgehead atoms. The van der Waals surface area contributed by atoms with Gasteiger partial charge in [0, 0.05) is 5.56 Å². The molecule has 25 heavy (non-hydrogen) atoms. The summed E-state index contributed by atoms with van der Waals surface area (Å²) in [6.45, 7) is 2.00. The third kappa shape index (κ3) is 3.17. The number of ether oxygens (including phenoxy) is 1. The molecule has 1 aliphatic rings. The molecule has 0 N–H and O–H groups in total. The lowest BCUT2D eigenvalue weighted by Gasteiger charge is -2.36. The second-order valence-electron chi connectivity index (χ2n) is 5.78. The van der Waals surface area contributed by atoms with Crippen LogP contribution < -0.4 is 0 Å². The Bertz CT molecular complexity index is 733. The zero-order valence-corrected chi connectivity index (χ0v) is 16.5. The molecular weight excluding hydrogens is 356 g/mol. The van der Waals surface area contributed by atoms with E-state index in [1.165, 1.54) is 30.6 Å².